The Morgan fingerprint density at radius 2 is 2.06 bits per heavy atom. The molecule has 0 aliphatic heterocycles. The molecule has 3 aromatic heterocycles. The number of carbonyl (C=O) groups is 1. The number of fused-ring (bicyclic) bond motifs is 2. The van der Waals surface area contributed by atoms with Gasteiger partial charge in [-0.3, -0.25) is 9.20 Å². The molecule has 0 spiro atoms. The van der Waals surface area contributed by atoms with Crippen LogP contribution in [0.2, 0.25) is 0 Å². The Morgan fingerprint density at radius 1 is 1.28 bits per heavy atom. The minimum Gasteiger partial charge on any atom is -0.489 e. The van der Waals surface area contributed by atoms with Crippen molar-refractivity contribution in [3.63, 3.8) is 0 Å². The number of H-pyrrole nitrogens is 1. The molecule has 3 heterocycles. The number of hydrogen-bond acceptors (Lipinski definition) is 5. The van der Waals surface area contributed by atoms with Crippen molar-refractivity contribution in [2.24, 2.45) is 5.92 Å². The number of ether oxygens (including phenoxy) is 1. The first-order valence-corrected chi connectivity index (χ1v) is 11.1. The Balaban J connectivity index is 1.60. The molecular weight excluding hydrogens is 406 g/mol. The Labute approximate surface area is 185 Å². The van der Waals surface area contributed by atoms with E-state index in [4.69, 9.17) is 15.5 Å². The second-order valence-electron chi connectivity index (χ2n) is 8.81. The molecule has 0 amide bonds. The molecule has 32 heavy (non-hydrogen) atoms. The lowest BCUT2D eigenvalue weighted by Gasteiger charge is -2.25. The van der Waals surface area contributed by atoms with Crippen LogP contribution < -0.4 is 10.5 Å². The summed E-state index contributed by atoms with van der Waals surface area (Å²) in [6.07, 6.45) is 6.53. The highest BCUT2D eigenvalue weighted by molar-refractivity contribution is 5.93. The summed E-state index contributed by atoms with van der Waals surface area (Å²) in [6, 6.07) is 8.03. The Morgan fingerprint density at radius 3 is 2.78 bits per heavy atom. The summed E-state index contributed by atoms with van der Waals surface area (Å²) >= 11 is 0. The van der Waals surface area contributed by atoms with E-state index in [0.29, 0.717) is 18.7 Å². The summed E-state index contributed by atoms with van der Waals surface area (Å²) in [7, 11) is 0. The zero-order valence-electron chi connectivity index (χ0n) is 18.2. The number of nitrogens with one attached hydrogen (secondary N) is 1. The average Bonchev–Trinajstić information content (AvgIpc) is 3.36. The lowest BCUT2D eigenvalue weighted by molar-refractivity contribution is -0.142. The van der Waals surface area contributed by atoms with Crippen molar-refractivity contribution >= 4 is 28.2 Å². The van der Waals surface area contributed by atoms with Crippen molar-refractivity contribution in [1.29, 1.82) is 0 Å². The highest BCUT2D eigenvalue weighted by atomic mass is 16.5. The molecule has 0 radical (unpaired) electrons. The molecular formula is C24H27N5O3. The fraction of sp³-hybridized carbons (Fsp3) is 0.375. The topological polar surface area (TPSA) is 119 Å². The van der Waals surface area contributed by atoms with Crippen molar-refractivity contribution in [3.8, 4) is 17.1 Å². The van der Waals surface area contributed by atoms with Crippen molar-refractivity contribution in [1.82, 2.24) is 19.4 Å². The minimum atomic E-state index is -0.706. The molecule has 1 aliphatic carbocycles. The highest BCUT2D eigenvalue weighted by Gasteiger charge is 2.30. The maximum Gasteiger partial charge on any atom is 0.306 e. The monoisotopic (exact) mass is 433 g/mol. The Bertz CT molecular complexity index is 1300. The zero-order valence-corrected chi connectivity index (χ0v) is 18.2. The van der Waals surface area contributed by atoms with Crippen molar-refractivity contribution in [3.05, 3.63) is 42.5 Å². The van der Waals surface area contributed by atoms with Crippen molar-refractivity contribution in [2.45, 2.75) is 51.6 Å². The van der Waals surface area contributed by atoms with Gasteiger partial charge in [-0.2, -0.15) is 0 Å². The van der Waals surface area contributed by atoms with Crippen LogP contribution in [0.15, 0.2) is 36.7 Å². The Hall–Kier alpha value is -3.55. The smallest absolute Gasteiger partial charge is 0.306 e. The summed E-state index contributed by atoms with van der Waals surface area (Å²) in [5, 5.41) is 10.4. The third-order valence-corrected chi connectivity index (χ3v) is 6.29. The summed E-state index contributed by atoms with van der Waals surface area (Å²) < 4.78 is 7.99. The molecule has 0 unspecified atom stereocenters. The van der Waals surface area contributed by atoms with Gasteiger partial charge in [0.15, 0.2) is 0 Å². The number of aromatic nitrogens is 4. The largest absolute Gasteiger partial charge is 0.489 e. The van der Waals surface area contributed by atoms with Crippen LogP contribution in [0.5, 0.6) is 5.75 Å². The fourth-order valence-corrected chi connectivity index (χ4v) is 4.77. The van der Waals surface area contributed by atoms with Crippen LogP contribution in [0.4, 0.5) is 5.82 Å². The van der Waals surface area contributed by atoms with Gasteiger partial charge in [0.2, 0.25) is 0 Å². The molecule has 5 rings (SSSR count). The summed E-state index contributed by atoms with van der Waals surface area (Å²) in [6.45, 7) is 4.01. The van der Waals surface area contributed by atoms with E-state index in [1.807, 2.05) is 42.6 Å². The number of aromatic amines is 1. The lowest BCUT2D eigenvalue weighted by Crippen LogP contribution is -2.21. The van der Waals surface area contributed by atoms with Crippen LogP contribution in [0.25, 0.3) is 27.8 Å². The quantitative estimate of drug-likeness (QED) is 0.423. The number of nitrogen functional groups attached to an aromatic ring is 1. The van der Waals surface area contributed by atoms with Gasteiger partial charge in [-0.15, -0.1) is 0 Å². The molecule has 1 aliphatic rings. The number of benzene rings is 1. The number of carboxylic acid groups (broad SMARTS) is 1. The van der Waals surface area contributed by atoms with E-state index in [1.165, 1.54) is 0 Å². The molecule has 0 bridgehead atoms. The van der Waals surface area contributed by atoms with Crippen LogP contribution in [0.1, 0.15) is 51.3 Å². The van der Waals surface area contributed by atoms with E-state index < -0.39 is 5.97 Å². The number of imidazole rings is 1. The minimum absolute atomic E-state index is 0.0631. The highest BCUT2D eigenvalue weighted by Crippen LogP contribution is 2.39. The van der Waals surface area contributed by atoms with E-state index >= 15 is 0 Å². The van der Waals surface area contributed by atoms with Gasteiger partial charge in [0, 0.05) is 23.7 Å². The van der Waals surface area contributed by atoms with Gasteiger partial charge in [-0.05, 0) is 51.7 Å². The SMILES string of the molecule is CC(C)Oc1cccc2cc(-c3nc(C4CCC(C(=O)O)CC4)n4ccnc(N)c34)[nH]c12. The van der Waals surface area contributed by atoms with E-state index in [-0.39, 0.29) is 17.9 Å². The van der Waals surface area contributed by atoms with Crippen LogP contribution in [0, 0.1) is 5.92 Å². The molecule has 8 heteroatoms. The lowest BCUT2D eigenvalue weighted by atomic mass is 9.81. The van der Waals surface area contributed by atoms with Crippen LogP contribution in [-0.4, -0.2) is 36.5 Å². The molecule has 1 fully saturated rings. The van der Waals surface area contributed by atoms with E-state index in [2.05, 4.69) is 16.0 Å². The van der Waals surface area contributed by atoms with Gasteiger partial charge in [0.1, 0.15) is 28.6 Å². The standard InChI is InChI=1S/C24H27N5O3/c1-13(2)32-18-5-3-4-16-12-17(27-19(16)18)20-21-22(25)26-10-11-29(21)23(28-20)14-6-8-15(9-7-14)24(30)31/h3-5,10-15,27H,6-9H2,1-2H3,(H2,25,26)(H,30,31). The second-order valence-corrected chi connectivity index (χ2v) is 8.81. The predicted octanol–water partition coefficient (Wildman–Crippen LogP) is 4.61. The third-order valence-electron chi connectivity index (χ3n) is 6.29. The Kier molecular flexibility index (Phi) is 5.00. The molecule has 0 atom stereocenters. The van der Waals surface area contributed by atoms with Crippen LogP contribution in [-0.2, 0) is 4.79 Å². The molecule has 4 aromatic rings. The number of hydrogen-bond donors (Lipinski definition) is 3. The van der Waals surface area contributed by atoms with E-state index in [0.717, 1.165) is 52.2 Å². The number of rotatable bonds is 5. The summed E-state index contributed by atoms with van der Waals surface area (Å²) in [4.78, 5) is 24.2. The van der Waals surface area contributed by atoms with Gasteiger partial charge in [-0.1, -0.05) is 12.1 Å². The number of para-hydroxylation sites is 1. The summed E-state index contributed by atoms with van der Waals surface area (Å²) in [5.74, 6) is 1.33. The van der Waals surface area contributed by atoms with Gasteiger partial charge < -0.3 is 20.6 Å². The molecule has 8 nitrogen and oxygen atoms in total. The third kappa shape index (κ3) is 3.45. The van der Waals surface area contributed by atoms with Crippen LogP contribution in [0.3, 0.4) is 0 Å². The molecule has 166 valence electrons. The number of anilines is 1. The molecule has 0 saturated heterocycles. The maximum atomic E-state index is 11.4. The van der Waals surface area contributed by atoms with Crippen molar-refractivity contribution in [2.75, 3.05) is 5.73 Å². The summed E-state index contributed by atoms with van der Waals surface area (Å²) in [5.41, 5.74) is 9.58. The number of nitrogens with two attached hydrogens (primary N) is 1. The normalized spacial score (nSPS) is 19.1. The first kappa shape index (κ1) is 20.4. The van der Waals surface area contributed by atoms with Crippen molar-refractivity contribution < 1.29 is 14.6 Å². The van der Waals surface area contributed by atoms with E-state index in [1.54, 1.807) is 6.20 Å². The predicted molar refractivity (Wildman–Crippen MR) is 123 cm³/mol. The van der Waals surface area contributed by atoms with Gasteiger partial charge in [0.25, 0.3) is 0 Å². The van der Waals surface area contributed by atoms with Crippen LogP contribution >= 0.6 is 0 Å². The molecule has 4 N–H and O–H groups in total. The first-order valence-electron chi connectivity index (χ1n) is 11.1. The molecule has 1 saturated carbocycles. The first-order chi connectivity index (χ1) is 15.4. The average molecular weight is 434 g/mol. The molecule has 1 aromatic carbocycles. The van der Waals surface area contributed by atoms with E-state index in [9.17, 15) is 9.90 Å². The zero-order chi connectivity index (χ0) is 22.4. The maximum absolute atomic E-state index is 11.4. The van der Waals surface area contributed by atoms with Gasteiger partial charge >= 0.3 is 5.97 Å². The number of nitrogens with zero attached hydrogens (tertiary/aromatic N) is 3. The second kappa shape index (κ2) is 7.85. The number of carboxylic acids is 1. The van der Waals surface area contributed by atoms with Gasteiger partial charge in [0.05, 0.1) is 23.2 Å². The number of aliphatic carboxylic acids is 1. The van der Waals surface area contributed by atoms with Gasteiger partial charge in [-0.25, -0.2) is 9.97 Å². The fourth-order valence-electron chi connectivity index (χ4n) is 4.77.